The van der Waals surface area contributed by atoms with E-state index in [0.29, 0.717) is 5.56 Å². The standard InChI is InChI=1S/C11H7BrF2N2/c12-11-10(14)9(15-6-16-11)5-7-3-1-2-4-8(7)13/h1-4,6H,5H2. The Morgan fingerprint density at radius 1 is 1.12 bits per heavy atom. The van der Waals surface area contributed by atoms with Crippen molar-refractivity contribution in [1.29, 1.82) is 0 Å². The lowest BCUT2D eigenvalue weighted by Crippen LogP contribution is -2.00. The van der Waals surface area contributed by atoms with E-state index < -0.39 is 5.82 Å². The largest absolute Gasteiger partial charge is 0.238 e. The predicted molar refractivity (Wildman–Crippen MR) is 58.9 cm³/mol. The van der Waals surface area contributed by atoms with E-state index in [1.165, 1.54) is 12.4 Å². The second-order valence-corrected chi connectivity index (χ2v) is 3.94. The van der Waals surface area contributed by atoms with Crippen LogP contribution < -0.4 is 0 Å². The molecule has 0 saturated heterocycles. The van der Waals surface area contributed by atoms with Crippen molar-refractivity contribution >= 4 is 15.9 Å². The number of aromatic nitrogens is 2. The van der Waals surface area contributed by atoms with Crippen LogP contribution >= 0.6 is 15.9 Å². The fourth-order valence-electron chi connectivity index (χ4n) is 1.33. The van der Waals surface area contributed by atoms with Gasteiger partial charge in [-0.25, -0.2) is 18.7 Å². The van der Waals surface area contributed by atoms with E-state index in [9.17, 15) is 8.78 Å². The quantitative estimate of drug-likeness (QED) is 0.792. The molecule has 0 spiro atoms. The Kier molecular flexibility index (Phi) is 3.24. The normalized spacial score (nSPS) is 10.4. The minimum absolute atomic E-state index is 0.0915. The fourth-order valence-corrected chi connectivity index (χ4v) is 1.65. The summed E-state index contributed by atoms with van der Waals surface area (Å²) in [5.41, 5.74) is 0.582. The van der Waals surface area contributed by atoms with E-state index in [-0.39, 0.29) is 22.5 Å². The van der Waals surface area contributed by atoms with Crippen LogP contribution in [-0.4, -0.2) is 9.97 Å². The molecule has 0 unspecified atom stereocenters. The highest BCUT2D eigenvalue weighted by Gasteiger charge is 2.11. The third kappa shape index (κ3) is 2.24. The Balaban J connectivity index is 2.35. The summed E-state index contributed by atoms with van der Waals surface area (Å²) in [5, 5.41) is 0. The maximum absolute atomic E-state index is 13.5. The van der Waals surface area contributed by atoms with Crippen LogP contribution in [0.25, 0.3) is 0 Å². The van der Waals surface area contributed by atoms with Crippen LogP contribution in [0.5, 0.6) is 0 Å². The van der Waals surface area contributed by atoms with E-state index in [0.717, 1.165) is 0 Å². The first kappa shape index (κ1) is 11.1. The second kappa shape index (κ2) is 4.65. The molecule has 0 atom stereocenters. The monoisotopic (exact) mass is 284 g/mol. The molecule has 0 fully saturated rings. The number of hydrogen-bond donors (Lipinski definition) is 0. The highest BCUT2D eigenvalue weighted by atomic mass is 79.9. The lowest BCUT2D eigenvalue weighted by molar-refractivity contribution is 0.578. The van der Waals surface area contributed by atoms with Gasteiger partial charge in [0.05, 0.1) is 5.69 Å². The van der Waals surface area contributed by atoms with Crippen LogP contribution in [0, 0.1) is 11.6 Å². The highest BCUT2D eigenvalue weighted by molar-refractivity contribution is 9.10. The first-order chi connectivity index (χ1) is 7.68. The number of rotatable bonds is 2. The van der Waals surface area contributed by atoms with Crippen molar-refractivity contribution in [3.05, 3.63) is 58.1 Å². The third-order valence-corrected chi connectivity index (χ3v) is 2.69. The van der Waals surface area contributed by atoms with Crippen molar-refractivity contribution in [2.75, 3.05) is 0 Å². The van der Waals surface area contributed by atoms with Gasteiger partial charge in [0.15, 0.2) is 5.82 Å². The zero-order valence-electron chi connectivity index (χ0n) is 8.12. The Labute approximate surface area is 99.5 Å². The summed E-state index contributed by atoms with van der Waals surface area (Å²) in [4.78, 5) is 7.43. The molecule has 5 heteroatoms. The van der Waals surface area contributed by atoms with Gasteiger partial charge in [-0.3, -0.25) is 0 Å². The topological polar surface area (TPSA) is 25.8 Å². The zero-order valence-corrected chi connectivity index (χ0v) is 9.71. The van der Waals surface area contributed by atoms with Crippen molar-refractivity contribution in [3.63, 3.8) is 0 Å². The van der Waals surface area contributed by atoms with Crippen molar-refractivity contribution in [2.24, 2.45) is 0 Å². The Morgan fingerprint density at radius 3 is 2.62 bits per heavy atom. The van der Waals surface area contributed by atoms with Gasteiger partial charge in [-0.2, -0.15) is 0 Å². The van der Waals surface area contributed by atoms with Gasteiger partial charge < -0.3 is 0 Å². The van der Waals surface area contributed by atoms with Gasteiger partial charge in [0.2, 0.25) is 0 Å². The zero-order chi connectivity index (χ0) is 11.5. The maximum atomic E-state index is 13.5. The summed E-state index contributed by atoms with van der Waals surface area (Å²) in [5.74, 6) is -0.914. The molecule has 0 bridgehead atoms. The lowest BCUT2D eigenvalue weighted by Gasteiger charge is -2.04. The molecule has 1 heterocycles. The van der Waals surface area contributed by atoms with Crippen LogP contribution in [0.4, 0.5) is 8.78 Å². The Morgan fingerprint density at radius 2 is 1.88 bits per heavy atom. The highest BCUT2D eigenvalue weighted by Crippen LogP contribution is 2.18. The molecule has 0 aliphatic heterocycles. The predicted octanol–water partition coefficient (Wildman–Crippen LogP) is 3.11. The van der Waals surface area contributed by atoms with Crippen molar-refractivity contribution in [1.82, 2.24) is 9.97 Å². The molecule has 82 valence electrons. The number of nitrogens with zero attached hydrogens (tertiary/aromatic N) is 2. The first-order valence-corrected chi connectivity index (χ1v) is 5.36. The van der Waals surface area contributed by atoms with Crippen LogP contribution in [-0.2, 0) is 6.42 Å². The maximum Gasteiger partial charge on any atom is 0.177 e. The molecule has 0 N–H and O–H groups in total. The Bertz CT molecular complexity index is 517. The van der Waals surface area contributed by atoms with E-state index in [4.69, 9.17) is 0 Å². The molecule has 0 aliphatic rings. The van der Waals surface area contributed by atoms with E-state index in [2.05, 4.69) is 25.9 Å². The smallest absolute Gasteiger partial charge is 0.177 e. The molecule has 0 radical (unpaired) electrons. The molecule has 0 saturated carbocycles. The van der Waals surface area contributed by atoms with Gasteiger partial charge in [-0.05, 0) is 27.6 Å². The van der Waals surface area contributed by atoms with Gasteiger partial charge in [0, 0.05) is 6.42 Å². The third-order valence-electron chi connectivity index (χ3n) is 2.13. The van der Waals surface area contributed by atoms with Gasteiger partial charge in [0.1, 0.15) is 16.7 Å². The van der Waals surface area contributed by atoms with E-state index >= 15 is 0 Å². The van der Waals surface area contributed by atoms with Crippen molar-refractivity contribution < 1.29 is 8.78 Å². The van der Waals surface area contributed by atoms with Gasteiger partial charge >= 0.3 is 0 Å². The molecule has 2 nitrogen and oxygen atoms in total. The molecule has 2 rings (SSSR count). The second-order valence-electron chi connectivity index (χ2n) is 3.19. The van der Waals surface area contributed by atoms with Gasteiger partial charge in [-0.15, -0.1) is 0 Å². The average Bonchev–Trinajstić information content (AvgIpc) is 2.28. The van der Waals surface area contributed by atoms with Crippen LogP contribution in [0.3, 0.4) is 0 Å². The van der Waals surface area contributed by atoms with Gasteiger partial charge in [-0.1, -0.05) is 18.2 Å². The first-order valence-electron chi connectivity index (χ1n) is 4.57. The Hall–Kier alpha value is -1.36. The fraction of sp³-hybridized carbons (Fsp3) is 0.0909. The molecule has 16 heavy (non-hydrogen) atoms. The molecule has 1 aromatic carbocycles. The van der Waals surface area contributed by atoms with Crippen molar-refractivity contribution in [3.8, 4) is 0 Å². The van der Waals surface area contributed by atoms with E-state index in [1.807, 2.05) is 0 Å². The van der Waals surface area contributed by atoms with E-state index in [1.54, 1.807) is 18.2 Å². The van der Waals surface area contributed by atoms with Crippen LogP contribution in [0.2, 0.25) is 0 Å². The average molecular weight is 285 g/mol. The lowest BCUT2D eigenvalue weighted by atomic mass is 10.1. The van der Waals surface area contributed by atoms with Crippen molar-refractivity contribution in [2.45, 2.75) is 6.42 Å². The van der Waals surface area contributed by atoms with Gasteiger partial charge in [0.25, 0.3) is 0 Å². The summed E-state index contributed by atoms with van der Waals surface area (Å²) in [6.07, 6.45) is 1.35. The molecule has 2 aromatic rings. The molecule has 0 aliphatic carbocycles. The molecular weight excluding hydrogens is 278 g/mol. The minimum atomic E-state index is -0.550. The molecular formula is C11H7BrF2N2. The molecule has 0 amide bonds. The van der Waals surface area contributed by atoms with Crippen LogP contribution in [0.1, 0.15) is 11.3 Å². The summed E-state index contributed by atoms with van der Waals surface area (Å²) < 4.78 is 26.9. The summed E-state index contributed by atoms with van der Waals surface area (Å²) in [7, 11) is 0. The SMILES string of the molecule is Fc1ccccc1Cc1ncnc(Br)c1F. The summed E-state index contributed by atoms with van der Waals surface area (Å²) in [6.45, 7) is 0. The number of halogens is 3. The summed E-state index contributed by atoms with van der Waals surface area (Å²) in [6, 6.07) is 6.23. The van der Waals surface area contributed by atoms with Crippen LogP contribution in [0.15, 0.2) is 35.2 Å². The summed E-state index contributed by atoms with van der Waals surface area (Å²) >= 11 is 2.96. The molecule has 1 aromatic heterocycles. The minimum Gasteiger partial charge on any atom is -0.238 e. The number of benzene rings is 1. The number of hydrogen-bond acceptors (Lipinski definition) is 2.